The first-order valence-electron chi connectivity index (χ1n) is 6.40. The van der Waals surface area contributed by atoms with Crippen LogP contribution >= 0.6 is 11.6 Å². The quantitative estimate of drug-likeness (QED) is 0.807. The SMILES string of the molecule is CC(NC(=O)c1nn(C)cc1Cl)c1nc2ccccc2o1. The number of aryl methyl sites for hydroxylation is 1. The second kappa shape index (κ2) is 5.21. The van der Waals surface area contributed by atoms with Gasteiger partial charge in [-0.15, -0.1) is 0 Å². The Morgan fingerprint density at radius 2 is 2.19 bits per heavy atom. The van der Waals surface area contributed by atoms with Crippen LogP contribution in [0.1, 0.15) is 29.3 Å². The predicted octanol–water partition coefficient (Wildman–Crippen LogP) is 2.71. The monoisotopic (exact) mass is 304 g/mol. The van der Waals surface area contributed by atoms with E-state index in [9.17, 15) is 4.79 Å². The summed E-state index contributed by atoms with van der Waals surface area (Å²) >= 11 is 5.95. The molecule has 1 amide bonds. The van der Waals surface area contributed by atoms with Gasteiger partial charge in [0.1, 0.15) is 11.6 Å². The predicted molar refractivity (Wildman–Crippen MR) is 78.1 cm³/mol. The molecule has 0 aliphatic rings. The number of nitrogens with zero attached hydrogens (tertiary/aromatic N) is 3. The van der Waals surface area contributed by atoms with Gasteiger partial charge in [-0.1, -0.05) is 23.7 Å². The Hall–Kier alpha value is -2.34. The molecular formula is C14H13ClN4O2. The first kappa shape index (κ1) is 13.6. The molecule has 1 unspecified atom stereocenters. The molecule has 108 valence electrons. The largest absolute Gasteiger partial charge is 0.438 e. The van der Waals surface area contributed by atoms with Crippen LogP contribution in [0.3, 0.4) is 0 Å². The van der Waals surface area contributed by atoms with E-state index in [0.29, 0.717) is 16.5 Å². The number of halogens is 1. The lowest BCUT2D eigenvalue weighted by Crippen LogP contribution is -2.27. The number of benzene rings is 1. The van der Waals surface area contributed by atoms with Gasteiger partial charge in [0.2, 0.25) is 5.89 Å². The number of para-hydroxylation sites is 2. The van der Waals surface area contributed by atoms with Crippen molar-refractivity contribution in [1.29, 1.82) is 0 Å². The molecule has 3 aromatic rings. The molecule has 1 aromatic carbocycles. The van der Waals surface area contributed by atoms with Crippen molar-refractivity contribution in [3.63, 3.8) is 0 Å². The van der Waals surface area contributed by atoms with Crippen LogP contribution in [-0.2, 0) is 7.05 Å². The molecule has 0 bridgehead atoms. The number of hydrogen-bond acceptors (Lipinski definition) is 4. The topological polar surface area (TPSA) is 73.0 Å². The molecule has 2 heterocycles. The number of oxazole rings is 1. The van der Waals surface area contributed by atoms with Gasteiger partial charge in [0.25, 0.3) is 5.91 Å². The molecule has 0 fully saturated rings. The molecule has 0 saturated carbocycles. The van der Waals surface area contributed by atoms with E-state index in [0.717, 1.165) is 5.52 Å². The van der Waals surface area contributed by atoms with Gasteiger partial charge >= 0.3 is 0 Å². The summed E-state index contributed by atoms with van der Waals surface area (Å²) in [5, 5.41) is 7.10. The van der Waals surface area contributed by atoms with E-state index in [1.807, 2.05) is 24.3 Å². The molecule has 6 nitrogen and oxygen atoms in total. The highest BCUT2D eigenvalue weighted by Gasteiger charge is 2.20. The van der Waals surface area contributed by atoms with E-state index in [-0.39, 0.29) is 17.6 Å². The third kappa shape index (κ3) is 2.62. The summed E-state index contributed by atoms with van der Waals surface area (Å²) in [5.41, 5.74) is 1.62. The maximum absolute atomic E-state index is 12.1. The van der Waals surface area contributed by atoms with Crippen molar-refractivity contribution in [3.8, 4) is 0 Å². The molecule has 1 N–H and O–H groups in total. The molecule has 0 aliphatic heterocycles. The minimum absolute atomic E-state index is 0.183. The Bertz CT molecular complexity index is 775. The average molecular weight is 305 g/mol. The van der Waals surface area contributed by atoms with Crippen molar-refractivity contribution in [1.82, 2.24) is 20.1 Å². The highest BCUT2D eigenvalue weighted by molar-refractivity contribution is 6.33. The number of hydrogen-bond donors (Lipinski definition) is 1. The van der Waals surface area contributed by atoms with Crippen LogP contribution in [0.15, 0.2) is 34.9 Å². The van der Waals surface area contributed by atoms with Crippen LogP contribution in [0.2, 0.25) is 5.02 Å². The Labute approximate surface area is 125 Å². The molecule has 7 heteroatoms. The first-order chi connectivity index (χ1) is 10.0. The Kier molecular flexibility index (Phi) is 3.39. The number of nitrogens with one attached hydrogen (secondary N) is 1. The third-order valence-corrected chi connectivity index (χ3v) is 3.30. The van der Waals surface area contributed by atoms with Crippen molar-refractivity contribution < 1.29 is 9.21 Å². The van der Waals surface area contributed by atoms with Gasteiger partial charge in [0.15, 0.2) is 11.3 Å². The Morgan fingerprint density at radius 1 is 1.43 bits per heavy atom. The molecule has 3 rings (SSSR count). The summed E-state index contributed by atoms with van der Waals surface area (Å²) < 4.78 is 7.11. The van der Waals surface area contributed by atoms with Crippen LogP contribution < -0.4 is 5.32 Å². The standard InChI is InChI=1S/C14H13ClN4O2/c1-8(14-17-10-5-3-4-6-11(10)21-14)16-13(20)12-9(15)7-19(2)18-12/h3-8H,1-2H3,(H,16,20). The van der Waals surface area contributed by atoms with E-state index in [1.54, 1.807) is 20.2 Å². The van der Waals surface area contributed by atoms with Crippen LogP contribution in [0, 0.1) is 0 Å². The fourth-order valence-electron chi connectivity index (χ4n) is 2.02. The van der Waals surface area contributed by atoms with Gasteiger partial charge in [-0.25, -0.2) is 4.98 Å². The average Bonchev–Trinajstić information content (AvgIpc) is 3.01. The lowest BCUT2D eigenvalue weighted by atomic mass is 10.3. The van der Waals surface area contributed by atoms with E-state index < -0.39 is 0 Å². The molecule has 0 spiro atoms. The summed E-state index contributed by atoms with van der Waals surface area (Å²) in [6, 6.07) is 7.05. The summed E-state index contributed by atoms with van der Waals surface area (Å²) in [7, 11) is 1.70. The molecule has 21 heavy (non-hydrogen) atoms. The highest BCUT2D eigenvalue weighted by Crippen LogP contribution is 2.20. The van der Waals surface area contributed by atoms with E-state index in [4.69, 9.17) is 16.0 Å². The van der Waals surface area contributed by atoms with Crippen molar-refractivity contribution in [3.05, 3.63) is 47.1 Å². The van der Waals surface area contributed by atoms with Gasteiger partial charge in [-0.2, -0.15) is 5.10 Å². The van der Waals surface area contributed by atoms with Crippen LogP contribution in [-0.4, -0.2) is 20.7 Å². The normalized spacial score (nSPS) is 12.5. The number of carbonyl (C=O) groups excluding carboxylic acids is 1. The van der Waals surface area contributed by atoms with Gasteiger partial charge < -0.3 is 9.73 Å². The molecular weight excluding hydrogens is 292 g/mol. The molecule has 0 aliphatic carbocycles. The summed E-state index contributed by atoms with van der Waals surface area (Å²) in [4.78, 5) is 16.5. The van der Waals surface area contributed by atoms with Gasteiger partial charge in [0, 0.05) is 13.2 Å². The number of aromatic nitrogens is 3. The van der Waals surface area contributed by atoms with Gasteiger partial charge in [-0.05, 0) is 19.1 Å². The van der Waals surface area contributed by atoms with Crippen molar-refractivity contribution in [2.24, 2.45) is 7.05 Å². The Morgan fingerprint density at radius 3 is 2.86 bits per heavy atom. The highest BCUT2D eigenvalue weighted by atomic mass is 35.5. The molecule has 2 aromatic heterocycles. The lowest BCUT2D eigenvalue weighted by Gasteiger charge is -2.08. The zero-order valence-electron chi connectivity index (χ0n) is 11.5. The second-order valence-corrected chi connectivity index (χ2v) is 5.12. The lowest BCUT2D eigenvalue weighted by molar-refractivity contribution is 0.0929. The maximum atomic E-state index is 12.1. The first-order valence-corrected chi connectivity index (χ1v) is 6.78. The summed E-state index contributed by atoms with van der Waals surface area (Å²) in [5.74, 6) is 0.0759. The number of rotatable bonds is 3. The van der Waals surface area contributed by atoms with Crippen LogP contribution in [0.4, 0.5) is 0 Å². The fourth-order valence-corrected chi connectivity index (χ4v) is 2.28. The number of amides is 1. The Balaban J connectivity index is 1.81. The number of carbonyl (C=O) groups is 1. The summed E-state index contributed by atoms with van der Waals surface area (Å²) in [6.45, 7) is 1.79. The summed E-state index contributed by atoms with van der Waals surface area (Å²) in [6.07, 6.45) is 1.57. The number of fused-ring (bicyclic) bond motifs is 1. The fraction of sp³-hybridized carbons (Fsp3) is 0.214. The zero-order valence-corrected chi connectivity index (χ0v) is 12.3. The smallest absolute Gasteiger partial charge is 0.273 e. The molecule has 1 atom stereocenters. The van der Waals surface area contributed by atoms with Crippen molar-refractivity contribution in [2.45, 2.75) is 13.0 Å². The van der Waals surface area contributed by atoms with Crippen LogP contribution in [0.5, 0.6) is 0 Å². The van der Waals surface area contributed by atoms with E-state index in [2.05, 4.69) is 15.4 Å². The minimum atomic E-state index is -0.386. The maximum Gasteiger partial charge on any atom is 0.273 e. The van der Waals surface area contributed by atoms with Gasteiger partial charge in [0.05, 0.1) is 5.02 Å². The van der Waals surface area contributed by atoms with E-state index >= 15 is 0 Å². The van der Waals surface area contributed by atoms with Crippen LogP contribution in [0.25, 0.3) is 11.1 Å². The van der Waals surface area contributed by atoms with Gasteiger partial charge in [-0.3, -0.25) is 9.48 Å². The van der Waals surface area contributed by atoms with Crippen molar-refractivity contribution >= 4 is 28.6 Å². The molecule has 0 radical (unpaired) electrons. The minimum Gasteiger partial charge on any atom is -0.438 e. The third-order valence-electron chi connectivity index (χ3n) is 3.03. The molecule has 0 saturated heterocycles. The van der Waals surface area contributed by atoms with E-state index in [1.165, 1.54) is 4.68 Å². The zero-order chi connectivity index (χ0) is 15.0. The second-order valence-electron chi connectivity index (χ2n) is 4.71. The van der Waals surface area contributed by atoms with Crippen molar-refractivity contribution in [2.75, 3.05) is 0 Å².